The number of aliphatic hydroxyl groups excluding tert-OH is 1. The van der Waals surface area contributed by atoms with Gasteiger partial charge in [-0.25, -0.2) is 0 Å². The van der Waals surface area contributed by atoms with Crippen LogP contribution in [-0.2, 0) is 6.61 Å². The predicted molar refractivity (Wildman–Crippen MR) is 73.4 cm³/mol. The highest BCUT2D eigenvalue weighted by molar-refractivity contribution is 9.10. The van der Waals surface area contributed by atoms with Crippen molar-refractivity contribution in [3.05, 3.63) is 50.6 Å². The van der Waals surface area contributed by atoms with Crippen LogP contribution in [0.3, 0.4) is 0 Å². The molecule has 0 aliphatic carbocycles. The van der Waals surface area contributed by atoms with E-state index in [1.54, 1.807) is 18.3 Å². The highest BCUT2D eigenvalue weighted by atomic mass is 79.9. The van der Waals surface area contributed by atoms with Crippen molar-refractivity contribution in [3.8, 4) is 5.75 Å². The normalized spacial score (nSPS) is 12.4. The molecule has 0 saturated heterocycles. The van der Waals surface area contributed by atoms with Crippen LogP contribution in [0.5, 0.6) is 5.75 Å². The number of halogens is 1. The minimum absolute atomic E-state index is 0.433. The Morgan fingerprint density at radius 1 is 1.35 bits per heavy atom. The minimum atomic E-state index is -0.433. The smallest absolute Gasteiger partial charge is 0.122 e. The first-order chi connectivity index (χ1) is 8.15. The van der Waals surface area contributed by atoms with Crippen LogP contribution in [0.4, 0.5) is 0 Å². The Labute approximate surface area is 113 Å². The van der Waals surface area contributed by atoms with Crippen LogP contribution in [0.25, 0.3) is 0 Å². The van der Waals surface area contributed by atoms with Gasteiger partial charge in [0.1, 0.15) is 12.4 Å². The maximum atomic E-state index is 9.38. The summed E-state index contributed by atoms with van der Waals surface area (Å²) < 4.78 is 6.74. The molecule has 0 spiro atoms. The summed E-state index contributed by atoms with van der Waals surface area (Å²) in [7, 11) is 0. The van der Waals surface area contributed by atoms with Crippen LogP contribution >= 0.6 is 27.3 Å². The van der Waals surface area contributed by atoms with Gasteiger partial charge in [0.25, 0.3) is 0 Å². The van der Waals surface area contributed by atoms with Gasteiger partial charge < -0.3 is 9.84 Å². The molecule has 2 rings (SSSR count). The fraction of sp³-hybridized carbons (Fsp3) is 0.231. The molecule has 1 N–H and O–H groups in total. The van der Waals surface area contributed by atoms with E-state index < -0.39 is 6.10 Å². The van der Waals surface area contributed by atoms with Crippen molar-refractivity contribution in [3.63, 3.8) is 0 Å². The van der Waals surface area contributed by atoms with E-state index in [-0.39, 0.29) is 0 Å². The predicted octanol–water partition coefficient (Wildman–Crippen LogP) is 4.14. The van der Waals surface area contributed by atoms with Gasteiger partial charge in [-0.15, -0.1) is 11.3 Å². The molecular formula is C13H13BrO2S. The molecule has 90 valence electrons. The summed E-state index contributed by atoms with van der Waals surface area (Å²) in [5.74, 6) is 0.818. The summed E-state index contributed by atoms with van der Waals surface area (Å²) in [5, 5.41) is 11.4. The zero-order valence-corrected chi connectivity index (χ0v) is 11.8. The minimum Gasteiger partial charge on any atom is -0.488 e. The molecule has 1 aromatic carbocycles. The Kier molecular flexibility index (Phi) is 4.20. The zero-order valence-electron chi connectivity index (χ0n) is 9.39. The number of hydrogen-bond acceptors (Lipinski definition) is 3. The Morgan fingerprint density at radius 2 is 2.06 bits per heavy atom. The van der Waals surface area contributed by atoms with E-state index in [4.69, 9.17) is 4.74 Å². The molecule has 1 heterocycles. The molecule has 0 radical (unpaired) electrons. The van der Waals surface area contributed by atoms with Gasteiger partial charge in [-0.2, -0.15) is 0 Å². The largest absolute Gasteiger partial charge is 0.488 e. The van der Waals surface area contributed by atoms with Gasteiger partial charge in [-0.05, 0) is 46.6 Å². The second kappa shape index (κ2) is 5.67. The molecular weight excluding hydrogens is 300 g/mol. The highest BCUT2D eigenvalue weighted by Gasteiger charge is 2.02. The summed E-state index contributed by atoms with van der Waals surface area (Å²) in [6.45, 7) is 2.32. The summed E-state index contributed by atoms with van der Waals surface area (Å²) in [6, 6.07) is 9.57. The second-order valence-electron chi connectivity index (χ2n) is 3.76. The lowest BCUT2D eigenvalue weighted by molar-refractivity contribution is 0.199. The van der Waals surface area contributed by atoms with Crippen molar-refractivity contribution >= 4 is 27.3 Å². The van der Waals surface area contributed by atoms with Crippen molar-refractivity contribution < 1.29 is 9.84 Å². The van der Waals surface area contributed by atoms with Gasteiger partial charge in [0.15, 0.2) is 0 Å². The number of rotatable bonds is 4. The van der Waals surface area contributed by atoms with Gasteiger partial charge in [0.2, 0.25) is 0 Å². The number of hydrogen-bond donors (Lipinski definition) is 1. The average Bonchev–Trinajstić information content (AvgIpc) is 2.73. The Hall–Kier alpha value is -0.840. The highest BCUT2D eigenvalue weighted by Crippen LogP contribution is 2.22. The summed E-state index contributed by atoms with van der Waals surface area (Å²) >= 11 is 5.08. The molecule has 4 heteroatoms. The van der Waals surface area contributed by atoms with E-state index in [0.717, 1.165) is 15.8 Å². The Morgan fingerprint density at radius 3 is 2.59 bits per heavy atom. The Balaban J connectivity index is 1.95. The molecule has 17 heavy (non-hydrogen) atoms. The first-order valence-electron chi connectivity index (χ1n) is 5.29. The van der Waals surface area contributed by atoms with Crippen molar-refractivity contribution in [1.82, 2.24) is 0 Å². The number of benzene rings is 1. The van der Waals surface area contributed by atoms with Crippen LogP contribution in [0.2, 0.25) is 0 Å². The summed E-state index contributed by atoms with van der Waals surface area (Å²) in [6.07, 6.45) is -0.433. The molecule has 0 aliphatic heterocycles. The van der Waals surface area contributed by atoms with Gasteiger partial charge in [-0.3, -0.25) is 0 Å². The molecule has 0 fully saturated rings. The van der Waals surface area contributed by atoms with E-state index in [2.05, 4.69) is 22.0 Å². The van der Waals surface area contributed by atoms with E-state index >= 15 is 0 Å². The maximum absolute atomic E-state index is 9.38. The fourth-order valence-corrected chi connectivity index (χ4v) is 2.79. The summed E-state index contributed by atoms with van der Waals surface area (Å²) in [4.78, 5) is 1.18. The van der Waals surface area contributed by atoms with Crippen molar-refractivity contribution in [2.45, 2.75) is 19.6 Å². The van der Waals surface area contributed by atoms with E-state index in [9.17, 15) is 5.11 Å². The molecule has 0 amide bonds. The fourth-order valence-electron chi connectivity index (χ4n) is 1.43. The van der Waals surface area contributed by atoms with Gasteiger partial charge in [0, 0.05) is 14.7 Å². The van der Waals surface area contributed by atoms with Crippen LogP contribution in [-0.4, -0.2) is 5.11 Å². The average molecular weight is 313 g/mol. The van der Waals surface area contributed by atoms with Crippen LogP contribution in [0.1, 0.15) is 23.5 Å². The lowest BCUT2D eigenvalue weighted by atomic mass is 10.1. The van der Waals surface area contributed by atoms with Crippen molar-refractivity contribution in [2.75, 3.05) is 0 Å². The number of aliphatic hydroxyl groups is 1. The standard InChI is InChI=1S/C13H13BrO2S/c1-9(15)10-2-4-12(5-3-10)16-7-13-6-11(14)8-17-13/h2-6,8-9,15H,7H2,1H3/t9-/m0/s1. The zero-order chi connectivity index (χ0) is 12.3. The van der Waals surface area contributed by atoms with Crippen LogP contribution in [0, 0.1) is 0 Å². The Bertz CT molecular complexity index is 476. The van der Waals surface area contributed by atoms with E-state index in [1.165, 1.54) is 4.88 Å². The van der Waals surface area contributed by atoms with Crippen LogP contribution < -0.4 is 4.74 Å². The SMILES string of the molecule is C[C@H](O)c1ccc(OCc2cc(Br)cs2)cc1. The molecule has 1 atom stereocenters. The van der Waals surface area contributed by atoms with Crippen molar-refractivity contribution in [1.29, 1.82) is 0 Å². The van der Waals surface area contributed by atoms with Crippen molar-refractivity contribution in [2.24, 2.45) is 0 Å². The molecule has 2 nitrogen and oxygen atoms in total. The quantitative estimate of drug-likeness (QED) is 0.919. The number of thiophene rings is 1. The first-order valence-corrected chi connectivity index (χ1v) is 6.96. The molecule has 0 unspecified atom stereocenters. The topological polar surface area (TPSA) is 29.5 Å². The van der Waals surface area contributed by atoms with E-state index in [0.29, 0.717) is 6.61 Å². The van der Waals surface area contributed by atoms with Gasteiger partial charge >= 0.3 is 0 Å². The monoisotopic (exact) mass is 312 g/mol. The third kappa shape index (κ3) is 3.56. The molecule has 1 aromatic heterocycles. The summed E-state index contributed by atoms with van der Waals surface area (Å²) in [5.41, 5.74) is 0.899. The molecule has 0 aliphatic rings. The van der Waals surface area contributed by atoms with E-state index in [1.807, 2.05) is 29.6 Å². The van der Waals surface area contributed by atoms with Gasteiger partial charge in [0.05, 0.1) is 6.10 Å². The number of ether oxygens (including phenoxy) is 1. The van der Waals surface area contributed by atoms with Crippen LogP contribution in [0.15, 0.2) is 40.2 Å². The lowest BCUT2D eigenvalue weighted by Crippen LogP contribution is -1.94. The molecule has 0 saturated carbocycles. The third-order valence-electron chi connectivity index (χ3n) is 2.37. The first kappa shape index (κ1) is 12.6. The molecule has 0 bridgehead atoms. The molecule has 2 aromatic rings. The third-order valence-corrected chi connectivity index (χ3v) is 4.04. The maximum Gasteiger partial charge on any atom is 0.122 e. The van der Waals surface area contributed by atoms with Gasteiger partial charge in [-0.1, -0.05) is 12.1 Å². The second-order valence-corrected chi connectivity index (χ2v) is 5.68. The lowest BCUT2D eigenvalue weighted by Gasteiger charge is -2.07.